The van der Waals surface area contributed by atoms with Crippen molar-refractivity contribution in [3.63, 3.8) is 0 Å². The van der Waals surface area contributed by atoms with E-state index in [9.17, 15) is 4.79 Å². The van der Waals surface area contributed by atoms with E-state index in [0.29, 0.717) is 32.8 Å². The number of furan rings is 1. The Morgan fingerprint density at radius 1 is 1.07 bits per heavy atom. The van der Waals surface area contributed by atoms with Crippen LogP contribution in [0, 0.1) is 5.92 Å². The molecule has 41 heavy (non-hydrogen) atoms. The molecule has 1 N–H and O–H groups in total. The second-order valence-electron chi connectivity index (χ2n) is 10.5. The second-order valence-corrected chi connectivity index (χ2v) is 11.3. The molecule has 4 aromatic rings. The molecule has 2 fully saturated rings. The summed E-state index contributed by atoms with van der Waals surface area (Å²) in [5.41, 5.74) is 3.82. The summed E-state index contributed by atoms with van der Waals surface area (Å²) in [6.07, 6.45) is 4.09. The van der Waals surface area contributed by atoms with E-state index in [4.69, 9.17) is 33.0 Å². The van der Waals surface area contributed by atoms with Crippen LogP contribution in [0.4, 0.5) is 11.4 Å². The molecule has 2 aliphatic rings. The van der Waals surface area contributed by atoms with Gasteiger partial charge >= 0.3 is 5.97 Å². The largest absolute Gasteiger partial charge is 0.465 e. The van der Waals surface area contributed by atoms with Crippen LogP contribution in [0.2, 0.25) is 5.02 Å². The Bertz CT molecular complexity index is 1570. The summed E-state index contributed by atoms with van der Waals surface area (Å²) >= 11 is 12.8. The van der Waals surface area contributed by atoms with Gasteiger partial charge < -0.3 is 24.3 Å². The molecule has 0 radical (unpaired) electrons. The zero-order valence-corrected chi connectivity index (χ0v) is 24.5. The molecular weight excluding hydrogens is 556 g/mol. The predicted molar refractivity (Wildman–Crippen MR) is 165 cm³/mol. The lowest BCUT2D eigenvalue weighted by molar-refractivity contribution is 0.0601. The summed E-state index contributed by atoms with van der Waals surface area (Å²) in [5.74, 6) is 1.55. The summed E-state index contributed by atoms with van der Waals surface area (Å²) in [5, 5.41) is 4.70. The van der Waals surface area contributed by atoms with Crippen molar-refractivity contribution in [1.82, 2.24) is 10.3 Å². The van der Waals surface area contributed by atoms with Gasteiger partial charge in [0.25, 0.3) is 0 Å². The second kappa shape index (κ2) is 11.5. The number of hydrogen-bond acceptors (Lipinski definition) is 6. The molecule has 2 saturated heterocycles. The first-order valence-electron chi connectivity index (χ1n) is 13.8. The average molecular weight is 587 g/mol. The number of ether oxygens (including phenoxy) is 1. The lowest BCUT2D eigenvalue weighted by Crippen LogP contribution is -2.33. The number of halogens is 1. The van der Waals surface area contributed by atoms with Crippen LogP contribution in [0.3, 0.4) is 0 Å². The van der Waals surface area contributed by atoms with Gasteiger partial charge in [-0.15, -0.1) is 0 Å². The molecule has 0 aliphatic carbocycles. The molecule has 7 nitrogen and oxygen atoms in total. The molecule has 0 amide bonds. The molecule has 2 aliphatic heterocycles. The van der Waals surface area contributed by atoms with Crippen molar-refractivity contribution in [3.05, 3.63) is 101 Å². The van der Waals surface area contributed by atoms with Crippen molar-refractivity contribution >= 4 is 46.3 Å². The van der Waals surface area contributed by atoms with Gasteiger partial charge in [0.15, 0.2) is 5.11 Å². The summed E-state index contributed by atoms with van der Waals surface area (Å²) in [6, 6.07) is 22.4. The highest BCUT2D eigenvalue weighted by molar-refractivity contribution is 7.80. The maximum Gasteiger partial charge on any atom is 0.338 e. The number of carbonyl (C=O) groups excluding carboxylic acids is 1. The first-order valence-corrected chi connectivity index (χ1v) is 14.6. The van der Waals surface area contributed by atoms with Gasteiger partial charge in [-0.25, -0.2) is 4.79 Å². The number of benzene rings is 2. The van der Waals surface area contributed by atoms with E-state index in [-0.39, 0.29) is 12.1 Å². The van der Waals surface area contributed by atoms with Gasteiger partial charge in [0.05, 0.1) is 35.1 Å². The summed E-state index contributed by atoms with van der Waals surface area (Å²) in [7, 11) is 1.37. The number of thiocarbonyl (C=S) groups is 1. The van der Waals surface area contributed by atoms with Gasteiger partial charge in [0, 0.05) is 30.5 Å². The van der Waals surface area contributed by atoms with Crippen molar-refractivity contribution in [1.29, 1.82) is 0 Å². The highest BCUT2D eigenvalue weighted by Crippen LogP contribution is 2.44. The van der Waals surface area contributed by atoms with Crippen molar-refractivity contribution < 1.29 is 13.9 Å². The van der Waals surface area contributed by atoms with E-state index in [0.717, 1.165) is 48.9 Å². The Labute approximate surface area is 250 Å². The predicted octanol–water partition coefficient (Wildman–Crippen LogP) is 7.20. The van der Waals surface area contributed by atoms with Crippen LogP contribution < -0.4 is 15.1 Å². The average Bonchev–Trinajstić information content (AvgIpc) is 3.62. The van der Waals surface area contributed by atoms with Crippen molar-refractivity contribution in [3.8, 4) is 11.3 Å². The van der Waals surface area contributed by atoms with Crippen LogP contribution in [0.5, 0.6) is 0 Å². The number of esters is 1. The zero-order chi connectivity index (χ0) is 28.5. The van der Waals surface area contributed by atoms with E-state index < -0.39 is 5.97 Å². The first-order chi connectivity index (χ1) is 19.9. The maximum atomic E-state index is 12.5. The number of methoxy groups -OCH3 is 1. The van der Waals surface area contributed by atoms with Crippen LogP contribution >= 0.6 is 23.8 Å². The molecule has 6 rings (SSSR count). The highest BCUT2D eigenvalue weighted by Gasteiger charge is 2.43. The quantitative estimate of drug-likeness (QED) is 0.188. The molecule has 0 unspecified atom stereocenters. The molecule has 0 bridgehead atoms. The third-order valence-corrected chi connectivity index (χ3v) is 8.57. The third kappa shape index (κ3) is 5.29. The first kappa shape index (κ1) is 27.3. The standard InChI is InChI=1S/C32H31ClN4O3S/c1-20-14-17-36(18-15-20)26-11-10-21(19-24(26)33)37-30(29(35-32(37)41)25-9-5-6-16-34-25)28-13-12-27(40-28)22-7-3-4-8-23(22)31(38)39-2/h3-13,16,19-20,29-30H,14-15,17-18H2,1-2H3,(H,35,41)/t29-,30-/m0/s1. The van der Waals surface area contributed by atoms with Crippen LogP contribution in [0.25, 0.3) is 11.3 Å². The van der Waals surface area contributed by atoms with Crippen LogP contribution in [-0.2, 0) is 4.74 Å². The van der Waals surface area contributed by atoms with Gasteiger partial charge in [0.1, 0.15) is 17.6 Å². The van der Waals surface area contributed by atoms with E-state index in [2.05, 4.69) is 34.3 Å². The highest BCUT2D eigenvalue weighted by atomic mass is 35.5. The fraction of sp³-hybridized carbons (Fsp3) is 0.281. The Balaban J connectivity index is 1.39. The minimum Gasteiger partial charge on any atom is -0.465 e. The monoisotopic (exact) mass is 586 g/mol. The normalized spacial score (nSPS) is 19.3. The molecule has 2 atom stereocenters. The Hall–Kier alpha value is -3.88. The SMILES string of the molecule is COC(=O)c1ccccc1-c1ccc([C@H]2[C@H](c3ccccn3)NC(=S)N2c2ccc(N3CCC(C)CC3)c(Cl)c2)o1. The van der Waals surface area contributed by atoms with Crippen molar-refractivity contribution in [2.45, 2.75) is 31.8 Å². The molecule has 0 spiro atoms. The van der Waals surface area contributed by atoms with Gasteiger partial charge in [0.2, 0.25) is 0 Å². The number of rotatable bonds is 6. The zero-order valence-electron chi connectivity index (χ0n) is 22.9. The molecule has 210 valence electrons. The maximum absolute atomic E-state index is 12.5. The van der Waals surface area contributed by atoms with Crippen LogP contribution in [0.1, 0.15) is 53.7 Å². The lowest BCUT2D eigenvalue weighted by atomic mass is 9.98. The van der Waals surface area contributed by atoms with Gasteiger partial charge in [-0.1, -0.05) is 42.8 Å². The number of piperidine rings is 1. The number of carbonyl (C=O) groups is 1. The molecule has 0 saturated carbocycles. The summed E-state index contributed by atoms with van der Waals surface area (Å²) in [6.45, 7) is 4.29. The fourth-order valence-electron chi connectivity index (χ4n) is 5.72. The fourth-order valence-corrected chi connectivity index (χ4v) is 6.36. The van der Waals surface area contributed by atoms with Crippen molar-refractivity contribution in [2.75, 3.05) is 30.0 Å². The Morgan fingerprint density at radius 2 is 1.85 bits per heavy atom. The molecule has 2 aromatic heterocycles. The Kier molecular flexibility index (Phi) is 7.69. The lowest BCUT2D eigenvalue weighted by Gasteiger charge is -2.33. The molecular formula is C32H31ClN4O3S. The smallest absolute Gasteiger partial charge is 0.338 e. The minimum absolute atomic E-state index is 0.277. The Morgan fingerprint density at radius 3 is 2.59 bits per heavy atom. The van der Waals surface area contributed by atoms with E-state index in [1.54, 1.807) is 18.3 Å². The number of hydrogen-bond donors (Lipinski definition) is 1. The number of pyridine rings is 1. The van der Waals surface area contributed by atoms with E-state index >= 15 is 0 Å². The van der Waals surface area contributed by atoms with Gasteiger partial charge in [-0.2, -0.15) is 0 Å². The summed E-state index contributed by atoms with van der Waals surface area (Å²) in [4.78, 5) is 21.5. The van der Waals surface area contributed by atoms with Crippen LogP contribution in [0.15, 0.2) is 83.4 Å². The number of anilines is 2. The van der Waals surface area contributed by atoms with Crippen molar-refractivity contribution in [2.24, 2.45) is 5.92 Å². The van der Waals surface area contributed by atoms with Gasteiger partial charge in [-0.3, -0.25) is 4.98 Å². The van der Waals surface area contributed by atoms with Gasteiger partial charge in [-0.05, 0) is 79.5 Å². The molecule has 4 heterocycles. The topological polar surface area (TPSA) is 70.8 Å². The van der Waals surface area contributed by atoms with E-state index in [1.807, 2.05) is 53.4 Å². The molecule has 2 aromatic carbocycles. The number of aromatic nitrogens is 1. The van der Waals surface area contributed by atoms with Crippen LogP contribution in [-0.4, -0.2) is 36.3 Å². The number of nitrogens with zero attached hydrogens (tertiary/aromatic N) is 3. The summed E-state index contributed by atoms with van der Waals surface area (Å²) < 4.78 is 11.5. The molecule has 9 heteroatoms. The third-order valence-electron chi connectivity index (χ3n) is 7.95. The van der Waals surface area contributed by atoms with E-state index in [1.165, 1.54) is 7.11 Å². The minimum atomic E-state index is -0.423. The number of nitrogens with one attached hydrogen (secondary N) is 1.